The fourth-order valence-corrected chi connectivity index (χ4v) is 3.21. The van der Waals surface area contributed by atoms with E-state index in [1.165, 1.54) is 14.2 Å². The number of aryl methyl sites for hydroxylation is 1. The topological polar surface area (TPSA) is 73.6 Å². The molecule has 1 amide bonds. The Kier molecular flexibility index (Phi) is 5.33. The van der Waals surface area contributed by atoms with Gasteiger partial charge < -0.3 is 19.2 Å². The predicted molar refractivity (Wildman–Crippen MR) is 117 cm³/mol. The average Bonchev–Trinajstić information content (AvgIpc) is 3.17. The van der Waals surface area contributed by atoms with Crippen LogP contribution in [-0.2, 0) is 0 Å². The number of halogens is 1. The molecule has 4 rings (SSSR count). The van der Waals surface area contributed by atoms with E-state index >= 15 is 0 Å². The third-order valence-corrected chi connectivity index (χ3v) is 4.95. The maximum absolute atomic E-state index is 12.8. The average molecular weight is 423 g/mol. The fraction of sp³-hybridized carbons (Fsp3) is 0.130. The number of carbonyl (C=O) groups excluding carboxylic acids is 1. The monoisotopic (exact) mass is 422 g/mol. The highest BCUT2D eigenvalue weighted by Crippen LogP contribution is 2.31. The second-order valence-corrected chi connectivity index (χ2v) is 7.15. The molecule has 0 radical (unpaired) electrons. The Morgan fingerprint density at radius 2 is 1.73 bits per heavy atom. The quantitative estimate of drug-likeness (QED) is 0.444. The van der Waals surface area contributed by atoms with Crippen molar-refractivity contribution in [2.24, 2.45) is 0 Å². The normalized spacial score (nSPS) is 10.8. The van der Waals surface area contributed by atoms with Crippen LogP contribution in [0.1, 0.15) is 15.9 Å². The predicted octanol–water partition coefficient (Wildman–Crippen LogP) is 5.73. The Bertz CT molecular complexity index is 1230. The number of aromatic nitrogens is 1. The summed E-state index contributed by atoms with van der Waals surface area (Å²) in [5, 5.41) is 3.23. The summed E-state index contributed by atoms with van der Waals surface area (Å²) in [7, 11) is 3.05. The first-order valence-corrected chi connectivity index (χ1v) is 9.56. The molecule has 0 saturated heterocycles. The van der Waals surface area contributed by atoms with Crippen molar-refractivity contribution in [3.8, 4) is 23.0 Å². The van der Waals surface area contributed by atoms with Gasteiger partial charge in [-0.2, -0.15) is 0 Å². The van der Waals surface area contributed by atoms with E-state index in [-0.39, 0.29) is 5.91 Å². The van der Waals surface area contributed by atoms with Crippen LogP contribution < -0.4 is 14.8 Å². The number of hydrogen-bond acceptors (Lipinski definition) is 5. The molecule has 1 heterocycles. The highest BCUT2D eigenvalue weighted by Gasteiger charge is 2.15. The molecular formula is C23H19ClN2O4. The number of oxazole rings is 1. The molecule has 4 aromatic rings. The van der Waals surface area contributed by atoms with Gasteiger partial charge in [0, 0.05) is 17.2 Å². The summed E-state index contributed by atoms with van der Waals surface area (Å²) in [6, 6.07) is 16.0. The molecule has 3 aromatic carbocycles. The smallest absolute Gasteiger partial charge is 0.255 e. The lowest BCUT2D eigenvalue weighted by atomic mass is 10.1. The van der Waals surface area contributed by atoms with Crippen LogP contribution in [0.4, 0.5) is 5.69 Å². The van der Waals surface area contributed by atoms with Crippen LogP contribution in [0.3, 0.4) is 0 Å². The number of hydrogen-bond donors (Lipinski definition) is 1. The lowest BCUT2D eigenvalue weighted by Crippen LogP contribution is -2.12. The highest BCUT2D eigenvalue weighted by molar-refractivity contribution is 6.34. The number of ether oxygens (including phenoxy) is 2. The van der Waals surface area contributed by atoms with E-state index in [2.05, 4.69) is 10.3 Å². The third-order valence-electron chi connectivity index (χ3n) is 4.62. The molecule has 0 aliphatic heterocycles. The van der Waals surface area contributed by atoms with Crippen molar-refractivity contribution in [2.75, 3.05) is 19.5 Å². The molecule has 0 unspecified atom stereocenters. The van der Waals surface area contributed by atoms with Gasteiger partial charge in [-0.1, -0.05) is 17.7 Å². The Balaban J connectivity index is 1.65. The van der Waals surface area contributed by atoms with Crippen molar-refractivity contribution < 1.29 is 18.7 Å². The SMILES string of the molecule is COc1cc(OC)cc(C(=O)Nc2cc(-c3nc4cc(C)ccc4o3)ccc2Cl)c1. The molecule has 0 aliphatic rings. The van der Waals surface area contributed by atoms with E-state index < -0.39 is 0 Å². The van der Waals surface area contributed by atoms with E-state index in [9.17, 15) is 4.79 Å². The third kappa shape index (κ3) is 3.95. The Hall–Kier alpha value is -3.51. The van der Waals surface area contributed by atoms with Crippen molar-refractivity contribution in [1.29, 1.82) is 0 Å². The lowest BCUT2D eigenvalue weighted by molar-refractivity contribution is 0.102. The molecule has 1 N–H and O–H groups in total. The number of amides is 1. The van der Waals surface area contributed by atoms with Crippen LogP contribution in [0.2, 0.25) is 5.02 Å². The van der Waals surface area contributed by atoms with E-state index in [1.807, 2.05) is 25.1 Å². The Labute approximate surface area is 178 Å². The number of nitrogens with one attached hydrogen (secondary N) is 1. The second kappa shape index (κ2) is 8.08. The van der Waals surface area contributed by atoms with Gasteiger partial charge in [-0.15, -0.1) is 0 Å². The zero-order valence-electron chi connectivity index (χ0n) is 16.7. The number of methoxy groups -OCH3 is 2. The highest BCUT2D eigenvalue weighted by atomic mass is 35.5. The first kappa shape index (κ1) is 19.8. The summed E-state index contributed by atoms with van der Waals surface area (Å²) in [4.78, 5) is 17.4. The van der Waals surface area contributed by atoms with Crippen molar-refractivity contribution in [3.05, 3.63) is 70.7 Å². The molecule has 0 aliphatic carbocycles. The maximum atomic E-state index is 12.8. The van der Waals surface area contributed by atoms with Crippen molar-refractivity contribution in [3.63, 3.8) is 0 Å². The first-order valence-electron chi connectivity index (χ1n) is 9.18. The van der Waals surface area contributed by atoms with Gasteiger partial charge in [-0.05, 0) is 55.0 Å². The van der Waals surface area contributed by atoms with Crippen molar-refractivity contribution in [2.45, 2.75) is 6.92 Å². The van der Waals surface area contributed by atoms with E-state index in [1.54, 1.807) is 36.4 Å². The Morgan fingerprint density at radius 3 is 2.43 bits per heavy atom. The van der Waals surface area contributed by atoms with Gasteiger partial charge in [-0.3, -0.25) is 4.79 Å². The minimum Gasteiger partial charge on any atom is -0.497 e. The molecule has 1 aromatic heterocycles. The van der Waals surface area contributed by atoms with Crippen molar-refractivity contribution in [1.82, 2.24) is 4.98 Å². The number of rotatable bonds is 5. The minimum absolute atomic E-state index is 0.348. The van der Waals surface area contributed by atoms with Crippen LogP contribution >= 0.6 is 11.6 Å². The molecule has 0 saturated carbocycles. The molecule has 0 bridgehead atoms. The molecule has 0 atom stereocenters. The molecule has 0 spiro atoms. The van der Waals surface area contributed by atoms with Crippen LogP contribution in [-0.4, -0.2) is 25.1 Å². The van der Waals surface area contributed by atoms with Crippen LogP contribution in [0.5, 0.6) is 11.5 Å². The van der Waals surface area contributed by atoms with Gasteiger partial charge in [0.05, 0.1) is 24.9 Å². The zero-order chi connectivity index (χ0) is 21.3. The molecule has 152 valence electrons. The van der Waals surface area contributed by atoms with Crippen LogP contribution in [0, 0.1) is 6.92 Å². The summed E-state index contributed by atoms with van der Waals surface area (Å²) in [5.41, 5.74) is 4.09. The van der Waals surface area contributed by atoms with Crippen LogP contribution in [0.25, 0.3) is 22.6 Å². The second-order valence-electron chi connectivity index (χ2n) is 6.74. The molecule has 7 heteroatoms. The van der Waals surface area contributed by atoms with Gasteiger partial charge in [0.2, 0.25) is 5.89 Å². The van der Waals surface area contributed by atoms with Crippen LogP contribution in [0.15, 0.2) is 59.0 Å². The first-order chi connectivity index (χ1) is 14.5. The summed E-state index contributed by atoms with van der Waals surface area (Å²) < 4.78 is 16.3. The van der Waals surface area contributed by atoms with E-state index in [0.29, 0.717) is 44.8 Å². The number of anilines is 1. The summed E-state index contributed by atoms with van der Waals surface area (Å²) in [5.74, 6) is 1.13. The van der Waals surface area contributed by atoms with Gasteiger partial charge in [0.25, 0.3) is 5.91 Å². The summed E-state index contributed by atoms with van der Waals surface area (Å²) >= 11 is 6.32. The van der Waals surface area contributed by atoms with Gasteiger partial charge >= 0.3 is 0 Å². The number of fused-ring (bicyclic) bond motifs is 1. The van der Waals surface area contributed by atoms with Gasteiger partial charge in [0.1, 0.15) is 17.0 Å². The Morgan fingerprint density at radius 1 is 1.00 bits per heavy atom. The molecular weight excluding hydrogens is 404 g/mol. The molecule has 0 fully saturated rings. The zero-order valence-corrected chi connectivity index (χ0v) is 17.4. The largest absolute Gasteiger partial charge is 0.497 e. The summed E-state index contributed by atoms with van der Waals surface area (Å²) in [6.07, 6.45) is 0. The minimum atomic E-state index is -0.348. The number of benzene rings is 3. The molecule has 30 heavy (non-hydrogen) atoms. The van der Waals surface area contributed by atoms with E-state index in [0.717, 1.165) is 11.1 Å². The van der Waals surface area contributed by atoms with E-state index in [4.69, 9.17) is 25.5 Å². The summed E-state index contributed by atoms with van der Waals surface area (Å²) in [6.45, 7) is 2.00. The number of nitrogens with zero attached hydrogens (tertiary/aromatic N) is 1. The number of carbonyl (C=O) groups is 1. The standard InChI is InChI=1S/C23H19ClN2O4/c1-13-4-7-21-20(8-13)26-23(30-21)14-5-6-18(24)19(11-14)25-22(27)15-9-16(28-2)12-17(10-15)29-3/h4-12H,1-3H3,(H,25,27). The van der Waals surface area contributed by atoms with Gasteiger partial charge in [-0.25, -0.2) is 4.98 Å². The lowest BCUT2D eigenvalue weighted by Gasteiger charge is -2.11. The van der Waals surface area contributed by atoms with Crippen molar-refractivity contribution >= 4 is 34.3 Å². The molecule has 6 nitrogen and oxygen atoms in total. The maximum Gasteiger partial charge on any atom is 0.255 e. The van der Waals surface area contributed by atoms with Gasteiger partial charge in [0.15, 0.2) is 5.58 Å². The fourth-order valence-electron chi connectivity index (χ4n) is 3.05.